The maximum Gasteiger partial charge on any atom is 0.270 e. The average Bonchev–Trinajstić information content (AvgIpc) is 2.92. The SMILES string of the molecule is Cc1ccc2c(c1)C(C1=CC(=O)N(O)CC1)=NC(Cc1ccc3ccccc3c1)C(=O)N2. The Labute approximate surface area is 185 Å². The molecule has 0 radical (unpaired) electrons. The summed E-state index contributed by atoms with van der Waals surface area (Å²) >= 11 is 0. The van der Waals surface area contributed by atoms with Gasteiger partial charge in [-0.15, -0.1) is 0 Å². The van der Waals surface area contributed by atoms with Gasteiger partial charge in [0.1, 0.15) is 6.04 Å². The highest BCUT2D eigenvalue weighted by Crippen LogP contribution is 2.29. The van der Waals surface area contributed by atoms with Crippen molar-refractivity contribution in [1.82, 2.24) is 5.06 Å². The topological polar surface area (TPSA) is 82.0 Å². The van der Waals surface area contributed by atoms with E-state index in [9.17, 15) is 14.8 Å². The van der Waals surface area contributed by atoms with Gasteiger partial charge in [-0.1, -0.05) is 54.1 Å². The predicted octanol–water partition coefficient (Wildman–Crippen LogP) is 4.05. The van der Waals surface area contributed by atoms with Crippen LogP contribution in [-0.2, 0) is 16.0 Å². The number of benzene rings is 3. The Morgan fingerprint density at radius 1 is 1.06 bits per heavy atom. The second-order valence-corrected chi connectivity index (χ2v) is 8.30. The van der Waals surface area contributed by atoms with E-state index in [1.54, 1.807) is 0 Å². The van der Waals surface area contributed by atoms with E-state index in [0.29, 0.717) is 29.3 Å². The fourth-order valence-corrected chi connectivity index (χ4v) is 4.27. The molecule has 6 nitrogen and oxygen atoms in total. The van der Waals surface area contributed by atoms with Gasteiger partial charge >= 0.3 is 0 Å². The molecule has 0 saturated heterocycles. The third-order valence-corrected chi connectivity index (χ3v) is 5.97. The van der Waals surface area contributed by atoms with E-state index in [1.807, 2.05) is 43.3 Å². The predicted molar refractivity (Wildman–Crippen MR) is 124 cm³/mol. The van der Waals surface area contributed by atoms with E-state index < -0.39 is 11.9 Å². The van der Waals surface area contributed by atoms with E-state index in [2.05, 4.69) is 29.6 Å². The molecule has 1 atom stereocenters. The van der Waals surface area contributed by atoms with Crippen molar-refractivity contribution >= 4 is 34.0 Å². The molecule has 0 fully saturated rings. The number of anilines is 1. The number of hydrogen-bond acceptors (Lipinski definition) is 4. The Bertz CT molecular complexity index is 1310. The zero-order chi connectivity index (χ0) is 22.2. The molecule has 0 saturated carbocycles. The van der Waals surface area contributed by atoms with Crippen LogP contribution in [0.2, 0.25) is 0 Å². The van der Waals surface area contributed by atoms with E-state index >= 15 is 0 Å². The highest BCUT2D eigenvalue weighted by molar-refractivity contribution is 6.21. The van der Waals surface area contributed by atoms with Gasteiger partial charge in [-0.25, -0.2) is 5.06 Å². The van der Waals surface area contributed by atoms with Crippen molar-refractivity contribution in [3.8, 4) is 0 Å². The van der Waals surface area contributed by atoms with E-state index in [0.717, 1.165) is 33.0 Å². The fourth-order valence-electron chi connectivity index (χ4n) is 4.27. The summed E-state index contributed by atoms with van der Waals surface area (Å²) in [5.74, 6) is -0.650. The van der Waals surface area contributed by atoms with Gasteiger partial charge in [0.2, 0.25) is 5.91 Å². The number of aryl methyl sites for hydroxylation is 1. The Kier molecular flexibility index (Phi) is 5.07. The van der Waals surface area contributed by atoms with E-state index in [1.165, 1.54) is 6.08 Å². The third kappa shape index (κ3) is 3.81. The van der Waals surface area contributed by atoms with Crippen LogP contribution in [0, 0.1) is 6.92 Å². The van der Waals surface area contributed by atoms with Gasteiger partial charge in [0.05, 0.1) is 17.9 Å². The highest BCUT2D eigenvalue weighted by atomic mass is 16.5. The first-order valence-electron chi connectivity index (χ1n) is 10.7. The molecule has 3 aromatic carbocycles. The number of rotatable bonds is 3. The van der Waals surface area contributed by atoms with Crippen molar-refractivity contribution in [1.29, 1.82) is 0 Å². The van der Waals surface area contributed by atoms with Gasteiger partial charge < -0.3 is 5.32 Å². The number of hydrogen-bond donors (Lipinski definition) is 2. The monoisotopic (exact) mass is 425 g/mol. The van der Waals surface area contributed by atoms with Gasteiger partial charge in [0, 0.05) is 18.1 Å². The van der Waals surface area contributed by atoms with Crippen LogP contribution in [0.5, 0.6) is 0 Å². The standard InChI is InChI=1S/C26H23N3O3/c1-16-6-9-22-21(12-16)25(20-10-11-29(32)24(30)15-20)27-23(26(31)28-22)14-17-7-8-18-4-2-3-5-19(18)13-17/h2-9,12-13,15,23,32H,10-11,14H2,1H3,(H,28,31). The maximum atomic E-state index is 13.1. The molecule has 0 spiro atoms. The minimum absolute atomic E-state index is 0.176. The second-order valence-electron chi connectivity index (χ2n) is 8.30. The summed E-state index contributed by atoms with van der Waals surface area (Å²) in [6.45, 7) is 2.18. The number of fused-ring (bicyclic) bond motifs is 2. The number of nitrogens with zero attached hydrogens (tertiary/aromatic N) is 2. The number of nitrogens with one attached hydrogen (secondary N) is 1. The lowest BCUT2D eigenvalue weighted by Crippen LogP contribution is -2.32. The zero-order valence-corrected chi connectivity index (χ0v) is 17.7. The van der Waals surface area contributed by atoms with Gasteiger partial charge in [0.15, 0.2) is 0 Å². The van der Waals surface area contributed by atoms with Crippen molar-refractivity contribution in [2.75, 3.05) is 11.9 Å². The molecule has 5 rings (SSSR count). The maximum absolute atomic E-state index is 13.1. The molecule has 1 unspecified atom stereocenters. The van der Waals surface area contributed by atoms with Gasteiger partial charge in [-0.2, -0.15) is 0 Å². The van der Waals surface area contributed by atoms with Crippen LogP contribution in [-0.4, -0.2) is 40.4 Å². The van der Waals surface area contributed by atoms with Crippen molar-refractivity contribution in [2.45, 2.75) is 25.8 Å². The summed E-state index contributed by atoms with van der Waals surface area (Å²) in [5, 5.41) is 15.7. The van der Waals surface area contributed by atoms with E-state index in [-0.39, 0.29) is 12.5 Å². The molecule has 2 aliphatic rings. The van der Waals surface area contributed by atoms with Crippen LogP contribution >= 0.6 is 0 Å². The molecule has 0 aliphatic carbocycles. The lowest BCUT2D eigenvalue weighted by Gasteiger charge is -2.22. The Hall–Kier alpha value is -3.77. The first-order valence-corrected chi connectivity index (χ1v) is 10.7. The van der Waals surface area contributed by atoms with Crippen LogP contribution in [0.4, 0.5) is 5.69 Å². The van der Waals surface area contributed by atoms with Crippen LogP contribution < -0.4 is 5.32 Å². The zero-order valence-electron chi connectivity index (χ0n) is 17.7. The number of carbonyl (C=O) groups excluding carboxylic acids is 2. The first-order chi connectivity index (χ1) is 15.5. The molecular formula is C26H23N3O3. The summed E-state index contributed by atoms with van der Waals surface area (Å²) in [6, 6.07) is 19.4. The minimum Gasteiger partial charge on any atom is -0.324 e. The summed E-state index contributed by atoms with van der Waals surface area (Å²) < 4.78 is 0. The number of benzodiazepines with no additional fused rings is 1. The van der Waals surface area contributed by atoms with Gasteiger partial charge in [-0.05, 0) is 47.4 Å². The number of carbonyl (C=O) groups is 2. The number of aliphatic imine (C=N–C) groups is 1. The van der Waals surface area contributed by atoms with E-state index in [4.69, 9.17) is 4.99 Å². The molecule has 160 valence electrons. The van der Waals surface area contributed by atoms with Crippen molar-refractivity contribution in [2.24, 2.45) is 4.99 Å². The molecule has 6 heteroatoms. The number of hydroxylamine groups is 2. The third-order valence-electron chi connectivity index (χ3n) is 5.97. The molecular weight excluding hydrogens is 402 g/mol. The van der Waals surface area contributed by atoms with Gasteiger partial charge in [-0.3, -0.25) is 19.8 Å². The largest absolute Gasteiger partial charge is 0.324 e. The van der Waals surface area contributed by atoms with Crippen LogP contribution in [0.3, 0.4) is 0 Å². The van der Waals surface area contributed by atoms with Crippen molar-refractivity contribution in [3.05, 3.63) is 89.0 Å². The molecule has 0 aromatic heterocycles. The quantitative estimate of drug-likeness (QED) is 0.621. The molecule has 2 heterocycles. The Morgan fingerprint density at radius 2 is 1.88 bits per heavy atom. The summed E-state index contributed by atoms with van der Waals surface area (Å²) in [6.07, 6.45) is 2.32. The summed E-state index contributed by atoms with van der Waals surface area (Å²) in [4.78, 5) is 30.1. The number of amides is 2. The van der Waals surface area contributed by atoms with Crippen molar-refractivity contribution < 1.29 is 14.8 Å². The van der Waals surface area contributed by atoms with Crippen LogP contribution in [0.25, 0.3) is 10.8 Å². The smallest absolute Gasteiger partial charge is 0.270 e. The van der Waals surface area contributed by atoms with Gasteiger partial charge in [0.25, 0.3) is 5.91 Å². The van der Waals surface area contributed by atoms with Crippen molar-refractivity contribution in [3.63, 3.8) is 0 Å². The lowest BCUT2D eigenvalue weighted by molar-refractivity contribution is -0.160. The molecule has 2 N–H and O–H groups in total. The average molecular weight is 425 g/mol. The van der Waals surface area contributed by atoms with Crippen LogP contribution in [0.15, 0.2) is 77.3 Å². The molecule has 2 aliphatic heterocycles. The highest BCUT2D eigenvalue weighted by Gasteiger charge is 2.29. The minimum atomic E-state index is -0.637. The Balaban J connectivity index is 1.58. The molecule has 0 bridgehead atoms. The fraction of sp³-hybridized carbons (Fsp3) is 0.192. The second kappa shape index (κ2) is 8.05. The van der Waals surface area contributed by atoms with Crippen LogP contribution in [0.1, 0.15) is 23.1 Å². The normalized spacial score (nSPS) is 18.6. The molecule has 3 aromatic rings. The summed E-state index contributed by atoms with van der Waals surface area (Å²) in [5.41, 5.74) is 4.89. The summed E-state index contributed by atoms with van der Waals surface area (Å²) in [7, 11) is 0. The molecule has 32 heavy (non-hydrogen) atoms. The lowest BCUT2D eigenvalue weighted by atomic mass is 9.94. The Morgan fingerprint density at radius 3 is 2.69 bits per heavy atom. The molecule has 2 amide bonds. The first kappa shape index (κ1) is 20.2.